The van der Waals surface area contributed by atoms with Crippen molar-refractivity contribution in [2.75, 3.05) is 11.9 Å². The standard InChI is InChI=1S/C23H22Cl2N2O3S/c1-2-17-7-11-20(12-8-17)26-23(28)16-27(15-18-5-3-4-6-22(18)25)31(29,30)21-13-9-19(24)10-14-21/h3-14H,2,15-16H2,1H3,(H,26,28). The van der Waals surface area contributed by atoms with Crippen molar-refractivity contribution in [3.8, 4) is 0 Å². The Labute approximate surface area is 192 Å². The second kappa shape index (κ2) is 10.3. The van der Waals surface area contributed by atoms with Crippen LogP contribution in [0.3, 0.4) is 0 Å². The van der Waals surface area contributed by atoms with Gasteiger partial charge in [0.2, 0.25) is 15.9 Å². The zero-order chi connectivity index (χ0) is 22.4. The second-order valence-corrected chi connectivity index (χ2v) is 9.70. The molecule has 3 aromatic rings. The van der Waals surface area contributed by atoms with Crippen LogP contribution >= 0.6 is 23.2 Å². The minimum Gasteiger partial charge on any atom is -0.325 e. The summed E-state index contributed by atoms with van der Waals surface area (Å²) in [5.41, 5.74) is 2.34. The molecule has 0 spiro atoms. The smallest absolute Gasteiger partial charge is 0.243 e. The van der Waals surface area contributed by atoms with Crippen LogP contribution < -0.4 is 5.32 Å². The number of carbonyl (C=O) groups is 1. The molecule has 0 aliphatic heterocycles. The van der Waals surface area contributed by atoms with Crippen LogP contribution in [0.5, 0.6) is 0 Å². The average Bonchev–Trinajstić information content (AvgIpc) is 2.75. The lowest BCUT2D eigenvalue weighted by Crippen LogP contribution is -2.37. The highest BCUT2D eigenvalue weighted by atomic mass is 35.5. The topological polar surface area (TPSA) is 66.5 Å². The van der Waals surface area contributed by atoms with Crippen molar-refractivity contribution in [3.05, 3.63) is 94.0 Å². The molecule has 8 heteroatoms. The fraction of sp³-hybridized carbons (Fsp3) is 0.174. The number of rotatable bonds is 8. The Balaban J connectivity index is 1.86. The SMILES string of the molecule is CCc1ccc(NC(=O)CN(Cc2ccccc2Cl)S(=O)(=O)c2ccc(Cl)cc2)cc1. The average molecular weight is 477 g/mol. The van der Waals surface area contributed by atoms with Crippen molar-refractivity contribution in [2.24, 2.45) is 0 Å². The molecular weight excluding hydrogens is 455 g/mol. The van der Waals surface area contributed by atoms with E-state index in [0.717, 1.165) is 16.3 Å². The third kappa shape index (κ3) is 6.08. The number of benzene rings is 3. The first-order valence-electron chi connectivity index (χ1n) is 9.67. The van der Waals surface area contributed by atoms with E-state index in [9.17, 15) is 13.2 Å². The summed E-state index contributed by atoms with van der Waals surface area (Å²) in [4.78, 5) is 12.8. The van der Waals surface area contributed by atoms with Gasteiger partial charge in [-0.05, 0) is 60.0 Å². The molecule has 162 valence electrons. The third-order valence-corrected chi connectivity index (χ3v) is 7.15. The van der Waals surface area contributed by atoms with Gasteiger partial charge in [0.25, 0.3) is 0 Å². The number of carbonyl (C=O) groups excluding carboxylic acids is 1. The molecule has 0 fully saturated rings. The summed E-state index contributed by atoms with van der Waals surface area (Å²) >= 11 is 12.1. The van der Waals surface area contributed by atoms with Crippen LogP contribution in [0.15, 0.2) is 77.7 Å². The molecule has 5 nitrogen and oxygen atoms in total. The molecule has 0 aliphatic carbocycles. The maximum Gasteiger partial charge on any atom is 0.243 e. The lowest BCUT2D eigenvalue weighted by Gasteiger charge is -2.22. The van der Waals surface area contributed by atoms with Crippen molar-refractivity contribution in [1.29, 1.82) is 0 Å². The zero-order valence-electron chi connectivity index (χ0n) is 16.9. The summed E-state index contributed by atoms with van der Waals surface area (Å²) in [5, 5.41) is 3.60. The Morgan fingerprint density at radius 3 is 2.19 bits per heavy atom. The Morgan fingerprint density at radius 1 is 0.935 bits per heavy atom. The minimum absolute atomic E-state index is 0.0454. The van der Waals surface area contributed by atoms with Gasteiger partial charge in [-0.3, -0.25) is 4.79 Å². The molecule has 0 aliphatic rings. The van der Waals surface area contributed by atoms with E-state index < -0.39 is 15.9 Å². The van der Waals surface area contributed by atoms with E-state index in [0.29, 0.717) is 21.3 Å². The van der Waals surface area contributed by atoms with Crippen LogP contribution in [0.2, 0.25) is 10.0 Å². The first-order valence-corrected chi connectivity index (χ1v) is 11.9. The summed E-state index contributed by atoms with van der Waals surface area (Å²) in [6.07, 6.45) is 0.888. The number of amides is 1. The molecule has 0 atom stereocenters. The van der Waals surface area contributed by atoms with Crippen LogP contribution in [-0.4, -0.2) is 25.2 Å². The molecule has 0 radical (unpaired) electrons. The Hall–Kier alpha value is -2.38. The summed E-state index contributed by atoms with van der Waals surface area (Å²) in [6, 6.07) is 20.2. The van der Waals surface area contributed by atoms with Crippen LogP contribution in [0.25, 0.3) is 0 Å². The normalized spacial score (nSPS) is 11.5. The van der Waals surface area contributed by atoms with Gasteiger partial charge in [0, 0.05) is 22.3 Å². The maximum absolute atomic E-state index is 13.3. The van der Waals surface area contributed by atoms with E-state index in [2.05, 4.69) is 5.32 Å². The van der Waals surface area contributed by atoms with Gasteiger partial charge >= 0.3 is 0 Å². The fourth-order valence-electron chi connectivity index (χ4n) is 2.98. The molecule has 1 N–H and O–H groups in total. The number of nitrogens with one attached hydrogen (secondary N) is 1. The van der Waals surface area contributed by atoms with Crippen LogP contribution in [0.1, 0.15) is 18.1 Å². The molecule has 3 aromatic carbocycles. The molecule has 1 amide bonds. The maximum atomic E-state index is 13.3. The number of sulfonamides is 1. The minimum atomic E-state index is -3.98. The highest BCUT2D eigenvalue weighted by Crippen LogP contribution is 2.23. The molecule has 0 aromatic heterocycles. The number of hydrogen-bond acceptors (Lipinski definition) is 3. The predicted molar refractivity (Wildman–Crippen MR) is 125 cm³/mol. The number of aryl methyl sites for hydroxylation is 1. The fourth-order valence-corrected chi connectivity index (χ4v) is 4.68. The Morgan fingerprint density at radius 2 is 1.58 bits per heavy atom. The second-order valence-electron chi connectivity index (χ2n) is 6.92. The van der Waals surface area contributed by atoms with E-state index in [1.54, 1.807) is 36.4 Å². The lowest BCUT2D eigenvalue weighted by atomic mass is 10.1. The van der Waals surface area contributed by atoms with Gasteiger partial charge in [0.05, 0.1) is 11.4 Å². The quantitative estimate of drug-likeness (QED) is 0.474. The van der Waals surface area contributed by atoms with Gasteiger partial charge in [0.15, 0.2) is 0 Å². The molecule has 0 saturated heterocycles. The van der Waals surface area contributed by atoms with Gasteiger partial charge < -0.3 is 5.32 Å². The molecule has 0 unspecified atom stereocenters. The van der Waals surface area contributed by atoms with E-state index >= 15 is 0 Å². The number of halogens is 2. The van der Waals surface area contributed by atoms with Crippen LogP contribution in [0.4, 0.5) is 5.69 Å². The van der Waals surface area contributed by atoms with E-state index in [4.69, 9.17) is 23.2 Å². The molecule has 0 saturated carbocycles. The van der Waals surface area contributed by atoms with Gasteiger partial charge in [-0.15, -0.1) is 0 Å². The Kier molecular flexibility index (Phi) is 7.73. The van der Waals surface area contributed by atoms with Crippen LogP contribution in [-0.2, 0) is 27.8 Å². The lowest BCUT2D eigenvalue weighted by molar-refractivity contribution is -0.116. The molecule has 3 rings (SSSR count). The zero-order valence-corrected chi connectivity index (χ0v) is 19.2. The summed E-state index contributed by atoms with van der Waals surface area (Å²) in [6.45, 7) is 1.63. The molecule has 31 heavy (non-hydrogen) atoms. The van der Waals surface area contributed by atoms with Gasteiger partial charge in [-0.2, -0.15) is 4.31 Å². The van der Waals surface area contributed by atoms with Crippen molar-refractivity contribution in [1.82, 2.24) is 4.31 Å². The van der Waals surface area contributed by atoms with E-state index in [-0.39, 0.29) is 18.0 Å². The first-order chi connectivity index (χ1) is 14.8. The predicted octanol–water partition coefficient (Wildman–Crippen LogP) is 5.39. The third-order valence-electron chi connectivity index (χ3n) is 4.72. The summed E-state index contributed by atoms with van der Waals surface area (Å²) in [7, 11) is -3.98. The highest BCUT2D eigenvalue weighted by molar-refractivity contribution is 7.89. The van der Waals surface area contributed by atoms with E-state index in [1.165, 1.54) is 24.3 Å². The van der Waals surface area contributed by atoms with Crippen molar-refractivity contribution < 1.29 is 13.2 Å². The molecule has 0 heterocycles. The van der Waals surface area contributed by atoms with Crippen molar-refractivity contribution >= 4 is 44.8 Å². The molecule has 0 bridgehead atoms. The number of nitrogens with zero attached hydrogens (tertiary/aromatic N) is 1. The first kappa shape index (κ1) is 23.3. The van der Waals surface area contributed by atoms with Crippen molar-refractivity contribution in [2.45, 2.75) is 24.8 Å². The number of anilines is 1. The van der Waals surface area contributed by atoms with E-state index in [1.807, 2.05) is 19.1 Å². The number of hydrogen-bond donors (Lipinski definition) is 1. The highest BCUT2D eigenvalue weighted by Gasteiger charge is 2.27. The largest absolute Gasteiger partial charge is 0.325 e. The van der Waals surface area contributed by atoms with Crippen LogP contribution in [0, 0.1) is 0 Å². The molecular formula is C23H22Cl2N2O3S. The van der Waals surface area contributed by atoms with Gasteiger partial charge in [0.1, 0.15) is 0 Å². The van der Waals surface area contributed by atoms with Gasteiger partial charge in [-0.1, -0.05) is 60.5 Å². The van der Waals surface area contributed by atoms with Crippen molar-refractivity contribution in [3.63, 3.8) is 0 Å². The Bertz CT molecular complexity index is 1150. The summed E-state index contributed by atoms with van der Waals surface area (Å²) < 4.78 is 27.7. The van der Waals surface area contributed by atoms with Gasteiger partial charge in [-0.25, -0.2) is 8.42 Å². The monoisotopic (exact) mass is 476 g/mol. The summed E-state index contributed by atoms with van der Waals surface area (Å²) in [5.74, 6) is -0.450.